The molecule has 124 valence electrons. The monoisotopic (exact) mass is 324 g/mol. The summed E-state index contributed by atoms with van der Waals surface area (Å²) in [5, 5.41) is 1.43. The van der Waals surface area contributed by atoms with Crippen LogP contribution in [0.5, 0.6) is 11.5 Å². The largest absolute Gasteiger partial charge is 0.493 e. The summed E-state index contributed by atoms with van der Waals surface area (Å²) < 4.78 is 12.3. The van der Waals surface area contributed by atoms with Gasteiger partial charge >= 0.3 is 0 Å². The minimum Gasteiger partial charge on any atom is -0.493 e. The van der Waals surface area contributed by atoms with Gasteiger partial charge in [0, 0.05) is 12.7 Å². The lowest BCUT2D eigenvalue weighted by Gasteiger charge is -2.11. The van der Waals surface area contributed by atoms with E-state index >= 15 is 0 Å². The first-order valence-electron chi connectivity index (χ1n) is 7.69. The fourth-order valence-corrected chi connectivity index (χ4v) is 2.71. The molecule has 1 heterocycles. The van der Waals surface area contributed by atoms with E-state index in [4.69, 9.17) is 15.2 Å². The Bertz CT molecular complexity index is 914. The average Bonchev–Trinajstić information content (AvgIpc) is 2.63. The van der Waals surface area contributed by atoms with E-state index in [0.717, 1.165) is 16.5 Å². The van der Waals surface area contributed by atoms with Crippen molar-refractivity contribution in [2.75, 3.05) is 14.2 Å². The minimum absolute atomic E-state index is 0.0589. The molecule has 24 heavy (non-hydrogen) atoms. The van der Waals surface area contributed by atoms with Crippen LogP contribution >= 0.6 is 0 Å². The molecule has 3 rings (SSSR count). The number of hydrogen-bond donors (Lipinski definition) is 1. The second-order valence-electron chi connectivity index (χ2n) is 5.56. The van der Waals surface area contributed by atoms with E-state index in [1.54, 1.807) is 31.0 Å². The summed E-state index contributed by atoms with van der Waals surface area (Å²) in [6.45, 7) is 1.02. The Labute approximate surface area is 140 Å². The van der Waals surface area contributed by atoms with Gasteiger partial charge in [-0.25, -0.2) is 0 Å². The molecule has 0 radical (unpaired) electrons. The third kappa shape index (κ3) is 2.98. The number of aromatic nitrogens is 1. The summed E-state index contributed by atoms with van der Waals surface area (Å²) in [6, 6.07) is 13.4. The Hall–Kier alpha value is -2.79. The molecule has 5 nitrogen and oxygen atoms in total. The molecule has 5 heteroatoms. The highest BCUT2D eigenvalue weighted by atomic mass is 16.5. The van der Waals surface area contributed by atoms with Gasteiger partial charge in [0.05, 0.1) is 26.2 Å². The standard InChI is InChI=1S/C19H20N2O3/c1-23-17-9-15-7-8-21(19(22)16(15)10-18(17)24-2)12-14-5-3-13(11-20)4-6-14/h3-10H,11-12,20H2,1-2H3. The summed E-state index contributed by atoms with van der Waals surface area (Å²) in [7, 11) is 3.14. The Kier molecular flexibility index (Phi) is 4.53. The molecule has 0 aliphatic rings. The zero-order valence-corrected chi connectivity index (χ0v) is 13.8. The number of fused-ring (bicyclic) bond motifs is 1. The second kappa shape index (κ2) is 6.76. The molecule has 0 aliphatic carbocycles. The Morgan fingerprint density at radius 3 is 2.21 bits per heavy atom. The summed E-state index contributed by atoms with van der Waals surface area (Å²) in [6.07, 6.45) is 1.80. The first-order valence-corrected chi connectivity index (χ1v) is 7.69. The van der Waals surface area contributed by atoms with Crippen LogP contribution in [0.3, 0.4) is 0 Å². The molecule has 0 saturated heterocycles. The van der Waals surface area contributed by atoms with Crippen LogP contribution < -0.4 is 20.8 Å². The van der Waals surface area contributed by atoms with Crippen LogP contribution in [0.1, 0.15) is 11.1 Å². The van der Waals surface area contributed by atoms with E-state index in [1.807, 2.05) is 36.4 Å². The van der Waals surface area contributed by atoms with Crippen molar-refractivity contribution in [2.24, 2.45) is 5.73 Å². The molecular formula is C19H20N2O3. The Morgan fingerprint density at radius 2 is 1.58 bits per heavy atom. The molecule has 0 amide bonds. The van der Waals surface area contributed by atoms with Crippen LogP contribution in [-0.2, 0) is 13.1 Å². The number of benzene rings is 2. The van der Waals surface area contributed by atoms with Crippen LogP contribution in [0.2, 0.25) is 0 Å². The van der Waals surface area contributed by atoms with Crippen LogP contribution in [0.25, 0.3) is 10.8 Å². The van der Waals surface area contributed by atoms with Crippen LogP contribution in [0.15, 0.2) is 53.5 Å². The molecule has 0 spiro atoms. The van der Waals surface area contributed by atoms with Crippen molar-refractivity contribution in [1.29, 1.82) is 0 Å². The fourth-order valence-electron chi connectivity index (χ4n) is 2.71. The number of pyridine rings is 1. The van der Waals surface area contributed by atoms with Crippen molar-refractivity contribution in [3.8, 4) is 11.5 Å². The number of nitrogens with zero attached hydrogens (tertiary/aromatic N) is 1. The van der Waals surface area contributed by atoms with Crippen molar-refractivity contribution in [3.63, 3.8) is 0 Å². The molecule has 1 aromatic heterocycles. The van der Waals surface area contributed by atoms with Gasteiger partial charge in [0.1, 0.15) is 0 Å². The number of nitrogens with two attached hydrogens (primary N) is 1. The normalized spacial score (nSPS) is 10.8. The van der Waals surface area contributed by atoms with E-state index in [0.29, 0.717) is 30.0 Å². The average molecular weight is 324 g/mol. The Morgan fingerprint density at radius 1 is 0.958 bits per heavy atom. The van der Waals surface area contributed by atoms with Gasteiger partial charge < -0.3 is 19.8 Å². The zero-order valence-electron chi connectivity index (χ0n) is 13.8. The van der Waals surface area contributed by atoms with Gasteiger partial charge in [-0.3, -0.25) is 4.79 Å². The summed E-state index contributed by atoms with van der Waals surface area (Å²) in [5.74, 6) is 1.16. The molecule has 0 fully saturated rings. The van der Waals surface area contributed by atoms with Gasteiger partial charge in [-0.1, -0.05) is 24.3 Å². The smallest absolute Gasteiger partial charge is 0.258 e. The third-order valence-corrected chi connectivity index (χ3v) is 4.09. The van der Waals surface area contributed by atoms with Gasteiger partial charge in [-0.05, 0) is 34.7 Å². The van der Waals surface area contributed by atoms with Gasteiger partial charge in [-0.15, -0.1) is 0 Å². The van der Waals surface area contributed by atoms with Gasteiger partial charge in [0.2, 0.25) is 0 Å². The number of hydrogen-bond acceptors (Lipinski definition) is 4. The number of rotatable bonds is 5. The number of methoxy groups -OCH3 is 2. The Balaban J connectivity index is 2.02. The maximum atomic E-state index is 12.8. The van der Waals surface area contributed by atoms with Crippen molar-refractivity contribution in [3.05, 3.63) is 70.1 Å². The van der Waals surface area contributed by atoms with Crippen LogP contribution in [0, 0.1) is 0 Å². The predicted molar refractivity (Wildman–Crippen MR) is 94.7 cm³/mol. The molecule has 0 unspecified atom stereocenters. The van der Waals surface area contributed by atoms with Crippen molar-refractivity contribution in [1.82, 2.24) is 4.57 Å². The first kappa shape index (κ1) is 16.1. The zero-order chi connectivity index (χ0) is 17.1. The van der Waals surface area contributed by atoms with Crippen LogP contribution in [-0.4, -0.2) is 18.8 Å². The molecule has 0 aliphatic heterocycles. The van der Waals surface area contributed by atoms with Crippen molar-refractivity contribution >= 4 is 10.8 Å². The predicted octanol–water partition coefficient (Wildman–Crippen LogP) is 2.53. The maximum absolute atomic E-state index is 12.8. The van der Waals surface area contributed by atoms with Gasteiger partial charge in [-0.2, -0.15) is 0 Å². The molecule has 2 N–H and O–H groups in total. The molecular weight excluding hydrogens is 304 g/mol. The lowest BCUT2D eigenvalue weighted by atomic mass is 10.1. The van der Waals surface area contributed by atoms with E-state index in [1.165, 1.54) is 0 Å². The minimum atomic E-state index is -0.0589. The highest BCUT2D eigenvalue weighted by Crippen LogP contribution is 2.30. The molecule has 0 bridgehead atoms. The highest BCUT2D eigenvalue weighted by molar-refractivity contribution is 5.85. The highest BCUT2D eigenvalue weighted by Gasteiger charge is 2.10. The first-order chi connectivity index (χ1) is 11.7. The van der Waals surface area contributed by atoms with Gasteiger partial charge in [0.15, 0.2) is 11.5 Å². The second-order valence-corrected chi connectivity index (χ2v) is 5.56. The fraction of sp³-hybridized carbons (Fsp3) is 0.211. The van der Waals surface area contributed by atoms with Gasteiger partial charge in [0.25, 0.3) is 5.56 Å². The molecule has 2 aromatic carbocycles. The molecule has 0 atom stereocenters. The molecule has 3 aromatic rings. The molecule has 0 saturated carbocycles. The lowest BCUT2D eigenvalue weighted by molar-refractivity contribution is 0.356. The van der Waals surface area contributed by atoms with Crippen LogP contribution in [0.4, 0.5) is 0 Å². The summed E-state index contributed by atoms with van der Waals surface area (Å²) in [5.41, 5.74) is 7.67. The SMILES string of the molecule is COc1cc2ccn(Cc3ccc(CN)cc3)c(=O)c2cc1OC. The van der Waals surface area contributed by atoms with Crippen molar-refractivity contribution in [2.45, 2.75) is 13.1 Å². The third-order valence-electron chi connectivity index (χ3n) is 4.09. The number of ether oxygens (including phenoxy) is 2. The quantitative estimate of drug-likeness (QED) is 0.783. The van der Waals surface area contributed by atoms with E-state index < -0.39 is 0 Å². The van der Waals surface area contributed by atoms with Crippen molar-refractivity contribution < 1.29 is 9.47 Å². The summed E-state index contributed by atoms with van der Waals surface area (Å²) in [4.78, 5) is 12.8. The van der Waals surface area contributed by atoms with E-state index in [2.05, 4.69) is 0 Å². The maximum Gasteiger partial charge on any atom is 0.258 e. The van der Waals surface area contributed by atoms with E-state index in [9.17, 15) is 4.79 Å². The van der Waals surface area contributed by atoms with E-state index in [-0.39, 0.29) is 5.56 Å². The topological polar surface area (TPSA) is 66.5 Å². The lowest BCUT2D eigenvalue weighted by Crippen LogP contribution is -2.20. The summed E-state index contributed by atoms with van der Waals surface area (Å²) >= 11 is 0.